The zero-order valence-electron chi connectivity index (χ0n) is 10.7. The third-order valence-corrected chi connectivity index (χ3v) is 3.06. The fourth-order valence-corrected chi connectivity index (χ4v) is 2.07. The summed E-state index contributed by atoms with van der Waals surface area (Å²) in [6.45, 7) is 9.35. The predicted octanol–water partition coefficient (Wildman–Crippen LogP) is 2.25. The van der Waals surface area contributed by atoms with Crippen LogP contribution in [0.25, 0.3) is 10.9 Å². The first-order valence-electron chi connectivity index (χ1n) is 6.46. The van der Waals surface area contributed by atoms with Gasteiger partial charge < -0.3 is 10.3 Å². The maximum Gasteiger partial charge on any atom is 0.0453 e. The van der Waals surface area contributed by atoms with Crippen LogP contribution in [0.3, 0.4) is 0 Å². The van der Waals surface area contributed by atoms with Gasteiger partial charge in [0.25, 0.3) is 0 Å². The van der Waals surface area contributed by atoms with Crippen LogP contribution in [0.4, 0.5) is 0 Å². The van der Waals surface area contributed by atoms with Gasteiger partial charge in [0.05, 0.1) is 0 Å². The number of hydrogen-bond acceptors (Lipinski definition) is 2. The number of para-hydroxylation sites is 1. The Morgan fingerprint density at radius 2 is 1.94 bits per heavy atom. The fourth-order valence-electron chi connectivity index (χ4n) is 2.07. The minimum atomic E-state index is 1.04. The van der Waals surface area contributed by atoms with Gasteiger partial charge in [0.1, 0.15) is 0 Å². The Balaban J connectivity index is 0.000000134. The number of piperazine rings is 1. The lowest BCUT2D eigenvalue weighted by Crippen LogP contribution is -2.43. The zero-order chi connectivity index (χ0) is 12.6. The lowest BCUT2D eigenvalue weighted by atomic mass is 10.3. The molecule has 0 spiro atoms. The fraction of sp³-hybridized carbons (Fsp3) is 0.333. The number of benzene rings is 1. The maximum atomic E-state index is 3.69. The highest BCUT2D eigenvalue weighted by atomic mass is 15.2. The molecule has 0 bridgehead atoms. The molecule has 1 saturated heterocycles. The molecule has 0 unspecified atom stereocenters. The van der Waals surface area contributed by atoms with Gasteiger partial charge in [0.15, 0.2) is 0 Å². The van der Waals surface area contributed by atoms with E-state index in [1.807, 2.05) is 24.4 Å². The van der Waals surface area contributed by atoms with Gasteiger partial charge >= 0.3 is 0 Å². The molecule has 0 saturated carbocycles. The highest BCUT2D eigenvalue weighted by molar-refractivity contribution is 5.78. The van der Waals surface area contributed by atoms with Crippen LogP contribution in [-0.4, -0.2) is 42.6 Å². The molecular weight excluding hydrogens is 222 g/mol. The van der Waals surface area contributed by atoms with Crippen molar-refractivity contribution in [3.8, 4) is 0 Å². The average Bonchev–Trinajstić information content (AvgIpc) is 2.89. The number of hydrogen-bond donors (Lipinski definition) is 2. The molecule has 96 valence electrons. The zero-order valence-corrected chi connectivity index (χ0v) is 10.7. The lowest BCUT2D eigenvalue weighted by Gasteiger charge is -2.25. The lowest BCUT2D eigenvalue weighted by molar-refractivity contribution is 0.265. The minimum Gasteiger partial charge on any atom is -0.361 e. The average molecular weight is 243 g/mol. The van der Waals surface area contributed by atoms with Crippen molar-refractivity contribution in [2.45, 2.75) is 0 Å². The molecule has 2 aromatic rings. The third-order valence-electron chi connectivity index (χ3n) is 3.06. The van der Waals surface area contributed by atoms with E-state index in [1.165, 1.54) is 24.0 Å². The second kappa shape index (κ2) is 6.99. The molecular formula is C15H21N3. The molecule has 1 aliphatic heterocycles. The van der Waals surface area contributed by atoms with Gasteiger partial charge in [0.2, 0.25) is 0 Å². The van der Waals surface area contributed by atoms with Crippen molar-refractivity contribution in [3.05, 3.63) is 49.2 Å². The Hall–Kier alpha value is -1.58. The van der Waals surface area contributed by atoms with E-state index in [0.29, 0.717) is 0 Å². The number of aromatic nitrogens is 1. The van der Waals surface area contributed by atoms with Crippen molar-refractivity contribution in [2.75, 3.05) is 32.7 Å². The first kappa shape index (κ1) is 12.9. The van der Waals surface area contributed by atoms with E-state index in [1.54, 1.807) is 0 Å². The molecule has 1 aromatic carbocycles. The van der Waals surface area contributed by atoms with Crippen LogP contribution in [0.2, 0.25) is 0 Å². The molecule has 2 N–H and O–H groups in total. The van der Waals surface area contributed by atoms with Crippen molar-refractivity contribution >= 4 is 10.9 Å². The molecule has 1 aromatic heterocycles. The highest BCUT2D eigenvalue weighted by Gasteiger charge is 2.05. The monoisotopic (exact) mass is 243 g/mol. The van der Waals surface area contributed by atoms with Crippen molar-refractivity contribution in [1.29, 1.82) is 0 Å². The summed E-state index contributed by atoms with van der Waals surface area (Å²) in [5, 5.41) is 4.57. The first-order valence-corrected chi connectivity index (χ1v) is 6.46. The Morgan fingerprint density at radius 1 is 1.17 bits per heavy atom. The van der Waals surface area contributed by atoms with Gasteiger partial charge in [-0.15, -0.1) is 6.58 Å². The number of rotatable bonds is 2. The molecule has 3 rings (SSSR count). The second-order valence-corrected chi connectivity index (χ2v) is 4.40. The number of aromatic amines is 1. The van der Waals surface area contributed by atoms with Crippen LogP contribution in [0.15, 0.2) is 49.2 Å². The molecule has 1 fully saturated rings. The summed E-state index contributed by atoms with van der Waals surface area (Å²) in [5.74, 6) is 0. The molecule has 0 aliphatic carbocycles. The van der Waals surface area contributed by atoms with Crippen molar-refractivity contribution in [3.63, 3.8) is 0 Å². The van der Waals surface area contributed by atoms with Gasteiger partial charge in [-0.1, -0.05) is 24.3 Å². The number of nitrogens with one attached hydrogen (secondary N) is 2. The van der Waals surface area contributed by atoms with Crippen molar-refractivity contribution < 1.29 is 0 Å². The molecule has 18 heavy (non-hydrogen) atoms. The van der Waals surface area contributed by atoms with Crippen LogP contribution in [0, 0.1) is 0 Å². The SMILES string of the molecule is C=CCN1CCNCC1.c1ccc2[nH]ccc2c1. The number of H-pyrrole nitrogens is 1. The standard InChI is InChI=1S/C8H7N.C7H14N2/c1-2-4-8-7(3-1)5-6-9-8;1-2-5-9-6-3-8-4-7-9/h1-6,9H;2,8H,1,3-7H2. The summed E-state index contributed by atoms with van der Waals surface area (Å²) in [5.41, 5.74) is 1.21. The van der Waals surface area contributed by atoms with Crippen molar-refractivity contribution in [2.24, 2.45) is 0 Å². The summed E-state index contributed by atoms with van der Waals surface area (Å²) in [6, 6.07) is 10.3. The normalized spacial score (nSPS) is 16.0. The van der Waals surface area contributed by atoms with Crippen LogP contribution in [-0.2, 0) is 0 Å². The van der Waals surface area contributed by atoms with E-state index >= 15 is 0 Å². The van der Waals surface area contributed by atoms with Crippen LogP contribution in [0.1, 0.15) is 0 Å². The van der Waals surface area contributed by atoms with E-state index in [-0.39, 0.29) is 0 Å². The molecule has 0 amide bonds. The van der Waals surface area contributed by atoms with Gasteiger partial charge in [-0.3, -0.25) is 4.90 Å². The highest BCUT2D eigenvalue weighted by Crippen LogP contribution is 2.09. The van der Waals surface area contributed by atoms with E-state index in [2.05, 4.69) is 40.0 Å². The molecule has 3 nitrogen and oxygen atoms in total. The van der Waals surface area contributed by atoms with Crippen LogP contribution >= 0.6 is 0 Å². The number of fused-ring (bicyclic) bond motifs is 1. The van der Waals surface area contributed by atoms with Crippen molar-refractivity contribution in [1.82, 2.24) is 15.2 Å². The molecule has 0 atom stereocenters. The summed E-state index contributed by atoms with van der Waals surface area (Å²) in [7, 11) is 0. The predicted molar refractivity (Wildman–Crippen MR) is 77.8 cm³/mol. The van der Waals surface area contributed by atoms with Gasteiger partial charge in [0, 0.05) is 44.4 Å². The van der Waals surface area contributed by atoms with Crippen LogP contribution in [0.5, 0.6) is 0 Å². The minimum absolute atomic E-state index is 1.04. The van der Waals surface area contributed by atoms with Crippen LogP contribution < -0.4 is 5.32 Å². The van der Waals surface area contributed by atoms with E-state index in [0.717, 1.165) is 19.6 Å². The summed E-state index contributed by atoms with van der Waals surface area (Å²) >= 11 is 0. The van der Waals surface area contributed by atoms with Gasteiger partial charge in [-0.2, -0.15) is 0 Å². The molecule has 1 aliphatic rings. The smallest absolute Gasteiger partial charge is 0.0453 e. The first-order chi connectivity index (χ1) is 8.90. The topological polar surface area (TPSA) is 31.1 Å². The maximum absolute atomic E-state index is 3.69. The summed E-state index contributed by atoms with van der Waals surface area (Å²) in [6.07, 6.45) is 3.91. The largest absolute Gasteiger partial charge is 0.361 e. The Labute approximate surface area is 108 Å². The molecule has 2 heterocycles. The van der Waals surface area contributed by atoms with E-state index < -0.39 is 0 Å². The Morgan fingerprint density at radius 3 is 2.67 bits per heavy atom. The molecule has 0 radical (unpaired) electrons. The van der Waals surface area contributed by atoms with Gasteiger partial charge in [-0.25, -0.2) is 0 Å². The Kier molecular flexibility index (Phi) is 5.00. The Bertz CT molecular complexity index is 439. The van der Waals surface area contributed by atoms with Gasteiger partial charge in [-0.05, 0) is 17.5 Å². The number of nitrogens with zero attached hydrogens (tertiary/aromatic N) is 1. The van der Waals surface area contributed by atoms with E-state index in [9.17, 15) is 0 Å². The molecule has 3 heteroatoms. The summed E-state index contributed by atoms with van der Waals surface area (Å²) in [4.78, 5) is 5.51. The summed E-state index contributed by atoms with van der Waals surface area (Å²) < 4.78 is 0. The third kappa shape index (κ3) is 3.72. The van der Waals surface area contributed by atoms with E-state index in [4.69, 9.17) is 0 Å². The quantitative estimate of drug-likeness (QED) is 0.793. The second-order valence-electron chi connectivity index (χ2n) is 4.40.